The van der Waals surface area contributed by atoms with Crippen molar-refractivity contribution >= 4 is 21.9 Å². The summed E-state index contributed by atoms with van der Waals surface area (Å²) in [5, 5.41) is 12.4. The minimum absolute atomic E-state index is 0.0602. The van der Waals surface area contributed by atoms with E-state index in [-0.39, 0.29) is 5.69 Å². The summed E-state index contributed by atoms with van der Waals surface area (Å²) in [6.45, 7) is 1.80. The molecule has 0 unspecified atom stereocenters. The second-order valence-corrected chi connectivity index (χ2v) is 2.97. The predicted molar refractivity (Wildman–Crippen MR) is 42.6 cm³/mol. The van der Waals surface area contributed by atoms with Gasteiger partial charge in [0.1, 0.15) is 0 Å². The Morgan fingerprint density at radius 2 is 2.27 bits per heavy atom. The predicted octanol–water partition coefficient (Wildman–Crippen LogP) is 1.19. The van der Waals surface area contributed by atoms with Crippen LogP contribution in [0.25, 0.3) is 0 Å². The zero-order valence-electron chi connectivity index (χ0n) is 6.13. The Morgan fingerprint density at radius 3 is 2.45 bits per heavy atom. The second kappa shape index (κ2) is 2.65. The zero-order valence-corrected chi connectivity index (χ0v) is 7.71. The summed E-state index contributed by atoms with van der Waals surface area (Å²) < 4.78 is 2.07. The molecule has 1 aromatic heterocycles. The molecule has 11 heavy (non-hydrogen) atoms. The Morgan fingerprint density at radius 1 is 1.73 bits per heavy atom. The monoisotopic (exact) mass is 218 g/mol. The number of rotatable bonds is 1. The maximum atomic E-state index is 10.5. The summed E-state index contributed by atoms with van der Waals surface area (Å²) in [4.78, 5) is 10.5. The van der Waals surface area contributed by atoms with Gasteiger partial charge in [-0.25, -0.2) is 4.79 Å². The van der Waals surface area contributed by atoms with Crippen LogP contribution in [0.3, 0.4) is 0 Å². The van der Waals surface area contributed by atoms with Crippen LogP contribution in [-0.4, -0.2) is 20.9 Å². The first-order chi connectivity index (χ1) is 5.04. The fourth-order valence-corrected chi connectivity index (χ4v) is 1.22. The summed E-state index contributed by atoms with van der Waals surface area (Å²) >= 11 is 3.14. The van der Waals surface area contributed by atoms with Crippen LogP contribution in [0, 0.1) is 6.92 Å². The number of carbonyl (C=O) groups is 1. The molecule has 0 saturated carbocycles. The van der Waals surface area contributed by atoms with Crippen molar-refractivity contribution < 1.29 is 9.90 Å². The van der Waals surface area contributed by atoms with Gasteiger partial charge < -0.3 is 5.11 Å². The molecule has 0 aromatic carbocycles. The van der Waals surface area contributed by atoms with E-state index in [4.69, 9.17) is 5.11 Å². The second-order valence-electron chi connectivity index (χ2n) is 2.18. The summed E-state index contributed by atoms with van der Waals surface area (Å²) in [5.41, 5.74) is 0.868. The van der Waals surface area contributed by atoms with Crippen molar-refractivity contribution in [3.05, 3.63) is 15.9 Å². The van der Waals surface area contributed by atoms with Crippen molar-refractivity contribution in [1.29, 1.82) is 0 Å². The van der Waals surface area contributed by atoms with Gasteiger partial charge in [-0.15, -0.1) is 0 Å². The van der Waals surface area contributed by atoms with Crippen molar-refractivity contribution in [1.82, 2.24) is 9.78 Å². The number of carboxylic acid groups (broad SMARTS) is 1. The molecule has 1 N–H and O–H groups in total. The Kier molecular flexibility index (Phi) is 1.99. The minimum atomic E-state index is -1.01. The number of halogens is 1. The molecular weight excluding hydrogens is 212 g/mol. The van der Waals surface area contributed by atoms with Crippen molar-refractivity contribution in [2.45, 2.75) is 6.92 Å². The molecule has 1 aromatic rings. The van der Waals surface area contributed by atoms with Crippen molar-refractivity contribution in [2.24, 2.45) is 7.05 Å². The van der Waals surface area contributed by atoms with Crippen molar-refractivity contribution in [3.63, 3.8) is 0 Å². The van der Waals surface area contributed by atoms with E-state index in [1.807, 2.05) is 0 Å². The number of aromatic carboxylic acids is 1. The highest BCUT2D eigenvalue weighted by Crippen LogP contribution is 2.19. The quantitative estimate of drug-likeness (QED) is 0.771. The maximum absolute atomic E-state index is 10.5. The molecule has 1 rings (SSSR count). The fourth-order valence-electron chi connectivity index (χ4n) is 0.719. The van der Waals surface area contributed by atoms with Crippen molar-refractivity contribution in [2.75, 3.05) is 0 Å². The maximum Gasteiger partial charge on any atom is 0.357 e. The largest absolute Gasteiger partial charge is 0.476 e. The number of aromatic nitrogens is 2. The van der Waals surface area contributed by atoms with Crippen LogP contribution in [0.1, 0.15) is 16.2 Å². The Hall–Kier alpha value is -0.840. The first kappa shape index (κ1) is 8.26. The van der Waals surface area contributed by atoms with Gasteiger partial charge in [0.25, 0.3) is 0 Å². The summed E-state index contributed by atoms with van der Waals surface area (Å²) in [7, 11) is 1.70. The molecule has 0 aliphatic carbocycles. The lowest BCUT2D eigenvalue weighted by molar-refractivity contribution is 0.0688. The number of carboxylic acids is 1. The van der Waals surface area contributed by atoms with E-state index in [1.165, 1.54) is 4.68 Å². The normalized spacial score (nSPS) is 10.1. The molecule has 0 amide bonds. The standard InChI is InChI=1S/C6H7BrN2O2/c1-3-4(7)5(6(10)11)8-9(3)2/h1-2H3,(H,10,11). The molecule has 0 bridgehead atoms. The molecule has 0 aliphatic rings. The molecule has 4 nitrogen and oxygen atoms in total. The first-order valence-electron chi connectivity index (χ1n) is 2.96. The van der Waals surface area contributed by atoms with E-state index in [9.17, 15) is 4.79 Å². The Bertz CT molecular complexity index is 306. The van der Waals surface area contributed by atoms with E-state index >= 15 is 0 Å². The average molecular weight is 219 g/mol. The third kappa shape index (κ3) is 1.28. The molecular formula is C6H7BrN2O2. The third-order valence-corrected chi connectivity index (χ3v) is 2.41. The van der Waals surface area contributed by atoms with Gasteiger partial charge in [0.15, 0.2) is 5.69 Å². The van der Waals surface area contributed by atoms with Gasteiger partial charge in [0.05, 0.1) is 10.2 Å². The van der Waals surface area contributed by atoms with Gasteiger partial charge >= 0.3 is 5.97 Å². The van der Waals surface area contributed by atoms with Crippen LogP contribution >= 0.6 is 15.9 Å². The van der Waals surface area contributed by atoms with Crippen LogP contribution in [-0.2, 0) is 7.05 Å². The molecule has 60 valence electrons. The molecule has 0 radical (unpaired) electrons. The van der Waals surface area contributed by atoms with Gasteiger partial charge in [-0.2, -0.15) is 5.10 Å². The number of hydrogen-bond acceptors (Lipinski definition) is 2. The van der Waals surface area contributed by atoms with E-state index < -0.39 is 5.97 Å². The third-order valence-electron chi connectivity index (χ3n) is 1.46. The molecule has 0 fully saturated rings. The van der Waals surface area contributed by atoms with E-state index in [1.54, 1.807) is 14.0 Å². The molecule has 5 heteroatoms. The minimum Gasteiger partial charge on any atom is -0.476 e. The highest BCUT2D eigenvalue weighted by molar-refractivity contribution is 9.10. The van der Waals surface area contributed by atoms with E-state index in [2.05, 4.69) is 21.0 Å². The SMILES string of the molecule is Cc1c(Br)c(C(=O)O)nn1C. The van der Waals surface area contributed by atoms with Crippen LogP contribution in [0.5, 0.6) is 0 Å². The Labute approximate surface area is 72.0 Å². The van der Waals surface area contributed by atoms with Gasteiger partial charge in [-0.3, -0.25) is 4.68 Å². The smallest absolute Gasteiger partial charge is 0.357 e. The Balaban J connectivity index is 3.29. The number of aryl methyl sites for hydroxylation is 1. The van der Waals surface area contributed by atoms with Crippen LogP contribution in [0.15, 0.2) is 4.47 Å². The average Bonchev–Trinajstić information content (AvgIpc) is 2.17. The summed E-state index contributed by atoms with van der Waals surface area (Å²) in [5.74, 6) is -1.01. The van der Waals surface area contributed by atoms with Crippen LogP contribution in [0.4, 0.5) is 0 Å². The van der Waals surface area contributed by atoms with Crippen LogP contribution < -0.4 is 0 Å². The molecule has 0 saturated heterocycles. The van der Waals surface area contributed by atoms with Crippen molar-refractivity contribution in [3.8, 4) is 0 Å². The van der Waals surface area contributed by atoms with Gasteiger partial charge in [-0.1, -0.05) is 0 Å². The zero-order chi connectivity index (χ0) is 8.59. The number of hydrogen-bond donors (Lipinski definition) is 1. The van der Waals surface area contributed by atoms with Gasteiger partial charge in [-0.05, 0) is 22.9 Å². The first-order valence-corrected chi connectivity index (χ1v) is 3.75. The topological polar surface area (TPSA) is 55.1 Å². The highest BCUT2D eigenvalue weighted by atomic mass is 79.9. The van der Waals surface area contributed by atoms with E-state index in [0.717, 1.165) is 5.69 Å². The summed E-state index contributed by atoms with van der Waals surface area (Å²) in [6.07, 6.45) is 0. The van der Waals surface area contributed by atoms with E-state index in [0.29, 0.717) is 4.47 Å². The lowest BCUT2D eigenvalue weighted by Gasteiger charge is -1.89. The summed E-state index contributed by atoms with van der Waals surface area (Å²) in [6, 6.07) is 0. The fraction of sp³-hybridized carbons (Fsp3) is 0.333. The molecule has 0 atom stereocenters. The lowest BCUT2D eigenvalue weighted by atomic mass is 10.4. The van der Waals surface area contributed by atoms with Crippen LogP contribution in [0.2, 0.25) is 0 Å². The number of nitrogens with zero attached hydrogens (tertiary/aromatic N) is 2. The van der Waals surface area contributed by atoms with Gasteiger partial charge in [0, 0.05) is 7.05 Å². The van der Waals surface area contributed by atoms with Gasteiger partial charge in [0.2, 0.25) is 0 Å². The molecule has 0 spiro atoms. The highest BCUT2D eigenvalue weighted by Gasteiger charge is 2.15. The molecule has 0 aliphatic heterocycles. The lowest BCUT2D eigenvalue weighted by Crippen LogP contribution is -1.99. The molecule has 1 heterocycles.